The highest BCUT2D eigenvalue weighted by atomic mass is 16.6. The first-order valence-corrected chi connectivity index (χ1v) is 13.2. The van der Waals surface area contributed by atoms with Gasteiger partial charge in [0, 0.05) is 44.8 Å². The van der Waals surface area contributed by atoms with Gasteiger partial charge in [0.25, 0.3) is 0 Å². The van der Waals surface area contributed by atoms with E-state index in [0.29, 0.717) is 43.4 Å². The summed E-state index contributed by atoms with van der Waals surface area (Å²) in [5.41, 5.74) is 15.6. The van der Waals surface area contributed by atoms with Crippen LogP contribution in [0.3, 0.4) is 0 Å². The van der Waals surface area contributed by atoms with E-state index in [1.54, 1.807) is 0 Å². The number of nitrogens with zero attached hydrogens (tertiary/aromatic N) is 5. The summed E-state index contributed by atoms with van der Waals surface area (Å²) in [4.78, 5) is 7.08. The number of benzene rings is 1. The molecule has 1 aromatic carbocycles. The van der Waals surface area contributed by atoms with Gasteiger partial charge < -0.3 is 26.3 Å². The van der Waals surface area contributed by atoms with E-state index in [1.807, 2.05) is 0 Å². The maximum Gasteiger partial charge on any atom is 0.202 e. The Morgan fingerprint density at radius 2 is 2.03 bits per heavy atom. The number of hydrogen-bond donors (Lipinski definition) is 3. The van der Waals surface area contributed by atoms with Crippen molar-refractivity contribution in [1.29, 1.82) is 0 Å². The van der Waals surface area contributed by atoms with E-state index in [1.165, 1.54) is 0 Å². The lowest BCUT2D eigenvalue weighted by atomic mass is 10.1. The van der Waals surface area contributed by atoms with E-state index in [-0.39, 0.29) is 6.04 Å². The van der Waals surface area contributed by atoms with Gasteiger partial charge in [0.05, 0.1) is 10.7 Å². The van der Waals surface area contributed by atoms with E-state index >= 15 is 0 Å². The molecule has 1 aliphatic rings. The Morgan fingerprint density at radius 1 is 1.24 bits per heavy atom. The molecule has 9 nitrogen and oxygen atoms in total. The Balaban J connectivity index is 1.52. The zero-order valence-electron chi connectivity index (χ0n) is 22.2. The quantitative estimate of drug-likeness (QED) is 0.221. The van der Waals surface area contributed by atoms with Gasteiger partial charge in [-0.1, -0.05) is 37.3 Å². The number of anilines is 2. The Morgan fingerprint density at radius 3 is 2.79 bits per heavy atom. The van der Waals surface area contributed by atoms with Gasteiger partial charge in [-0.2, -0.15) is 0 Å². The second kappa shape index (κ2) is 13.1. The molecular formula is C29H38N8O. The van der Waals surface area contributed by atoms with Gasteiger partial charge in [0.1, 0.15) is 0 Å². The number of aromatic nitrogens is 4. The predicted octanol–water partition coefficient (Wildman–Crippen LogP) is 2.33. The number of terminal acetylenes is 1. The first-order valence-electron chi connectivity index (χ1n) is 13.2. The lowest BCUT2D eigenvalue weighted by Crippen LogP contribution is -2.35. The third-order valence-electron chi connectivity index (χ3n) is 6.74. The van der Waals surface area contributed by atoms with Crippen LogP contribution in [-0.4, -0.2) is 52.6 Å². The van der Waals surface area contributed by atoms with E-state index in [4.69, 9.17) is 27.5 Å². The molecule has 0 aliphatic heterocycles. The predicted molar refractivity (Wildman–Crippen MR) is 154 cm³/mol. The number of unbranched alkanes of at least 4 members (excludes halogenated alkanes) is 1. The van der Waals surface area contributed by atoms with Crippen LogP contribution < -0.4 is 32.4 Å². The second-order valence-electron chi connectivity index (χ2n) is 9.70. The molecule has 9 heteroatoms. The smallest absolute Gasteiger partial charge is 0.202 e. The molecule has 0 saturated carbocycles. The topological polar surface area (TPSA) is 124 Å². The van der Waals surface area contributed by atoms with Crippen LogP contribution in [0.15, 0.2) is 35.5 Å². The fourth-order valence-electron chi connectivity index (χ4n) is 4.67. The van der Waals surface area contributed by atoms with Crippen molar-refractivity contribution in [3.8, 4) is 23.9 Å². The number of allylic oxidation sites excluding steroid dienone is 1. The molecule has 0 saturated heterocycles. The van der Waals surface area contributed by atoms with Crippen LogP contribution in [0, 0.1) is 12.3 Å². The average molecular weight is 515 g/mol. The number of imidazole rings is 1. The molecule has 1 unspecified atom stereocenters. The molecule has 2 aromatic heterocycles. The average Bonchev–Trinajstić information content (AvgIpc) is 3.53. The van der Waals surface area contributed by atoms with Crippen molar-refractivity contribution in [2.45, 2.75) is 51.1 Å². The Kier molecular flexibility index (Phi) is 9.35. The minimum absolute atomic E-state index is 0.122. The summed E-state index contributed by atoms with van der Waals surface area (Å²) in [5.74, 6) is 3.84. The lowest BCUT2D eigenvalue weighted by Gasteiger charge is -2.24. The highest BCUT2D eigenvalue weighted by Gasteiger charge is 2.21. The fourth-order valence-corrected chi connectivity index (χ4v) is 4.67. The molecule has 4 rings (SSSR count). The van der Waals surface area contributed by atoms with Crippen molar-refractivity contribution in [2.75, 3.05) is 36.9 Å². The van der Waals surface area contributed by atoms with Gasteiger partial charge in [-0.3, -0.25) is 0 Å². The highest BCUT2D eigenvalue weighted by Crippen LogP contribution is 2.25. The molecule has 0 fully saturated rings. The molecule has 0 radical (unpaired) electrons. The van der Waals surface area contributed by atoms with Crippen LogP contribution in [0.4, 0.5) is 11.5 Å². The number of nitrogens with one attached hydrogen (secondary N) is 1. The van der Waals surface area contributed by atoms with Crippen LogP contribution in [0.2, 0.25) is 0 Å². The van der Waals surface area contributed by atoms with Crippen molar-refractivity contribution in [2.24, 2.45) is 11.5 Å². The maximum atomic E-state index is 6.32. The first-order chi connectivity index (χ1) is 18.5. The van der Waals surface area contributed by atoms with Crippen LogP contribution >= 0.6 is 0 Å². The summed E-state index contributed by atoms with van der Waals surface area (Å²) >= 11 is 0. The molecule has 1 aliphatic carbocycles. The SMILES string of the molecule is C#CCCNc1nonc1-c1nc2c(n1CC(=C)c1ccc(N(C)CC(N)CCCCN)cc1)=CCCC=2. The van der Waals surface area contributed by atoms with Gasteiger partial charge in [0.2, 0.25) is 5.82 Å². The van der Waals surface area contributed by atoms with Crippen molar-refractivity contribution in [3.63, 3.8) is 0 Å². The fraction of sp³-hybridized carbons (Fsp3) is 0.414. The molecule has 3 aromatic rings. The largest absolute Gasteiger partial charge is 0.373 e. The monoisotopic (exact) mass is 514 g/mol. The Hall–Kier alpha value is -3.87. The van der Waals surface area contributed by atoms with Crippen molar-refractivity contribution < 1.29 is 4.63 Å². The zero-order valence-corrected chi connectivity index (χ0v) is 22.2. The third kappa shape index (κ3) is 6.52. The van der Waals surface area contributed by atoms with Crippen molar-refractivity contribution >= 4 is 29.2 Å². The molecule has 1 atom stereocenters. The van der Waals surface area contributed by atoms with E-state index in [2.05, 4.69) is 81.1 Å². The van der Waals surface area contributed by atoms with Gasteiger partial charge in [-0.25, -0.2) is 9.61 Å². The summed E-state index contributed by atoms with van der Waals surface area (Å²) in [6.45, 7) is 7.05. The van der Waals surface area contributed by atoms with Crippen molar-refractivity contribution in [1.82, 2.24) is 19.9 Å². The van der Waals surface area contributed by atoms with E-state index in [0.717, 1.165) is 66.2 Å². The van der Waals surface area contributed by atoms with E-state index < -0.39 is 0 Å². The van der Waals surface area contributed by atoms with Crippen LogP contribution in [0.5, 0.6) is 0 Å². The third-order valence-corrected chi connectivity index (χ3v) is 6.74. The zero-order chi connectivity index (χ0) is 26.9. The van der Waals surface area contributed by atoms with Gasteiger partial charge in [0.15, 0.2) is 11.5 Å². The minimum atomic E-state index is 0.122. The van der Waals surface area contributed by atoms with Crippen molar-refractivity contribution in [3.05, 3.63) is 47.1 Å². The first kappa shape index (κ1) is 27.2. The number of likely N-dealkylation sites (N-methyl/N-ethyl adjacent to an activating group) is 1. The Labute approximate surface area is 224 Å². The molecule has 200 valence electrons. The molecule has 0 spiro atoms. The Bertz CT molecular complexity index is 1380. The lowest BCUT2D eigenvalue weighted by molar-refractivity contribution is 0.309. The molecular weight excluding hydrogens is 476 g/mol. The molecule has 2 heterocycles. The minimum Gasteiger partial charge on any atom is -0.373 e. The van der Waals surface area contributed by atoms with Gasteiger partial charge >= 0.3 is 0 Å². The van der Waals surface area contributed by atoms with Crippen LogP contribution in [0.1, 0.15) is 44.1 Å². The molecule has 38 heavy (non-hydrogen) atoms. The summed E-state index contributed by atoms with van der Waals surface area (Å²) in [6.07, 6.45) is 15.3. The number of hydrogen-bond acceptors (Lipinski definition) is 8. The molecule has 5 N–H and O–H groups in total. The number of rotatable bonds is 14. The second-order valence-corrected chi connectivity index (χ2v) is 9.70. The summed E-state index contributed by atoms with van der Waals surface area (Å²) in [5, 5.41) is 13.4. The summed E-state index contributed by atoms with van der Waals surface area (Å²) in [6, 6.07) is 8.57. The van der Waals surface area contributed by atoms with Crippen LogP contribution in [-0.2, 0) is 6.54 Å². The van der Waals surface area contributed by atoms with Gasteiger partial charge in [-0.05, 0) is 65.8 Å². The van der Waals surface area contributed by atoms with Crippen LogP contribution in [0.25, 0.3) is 29.2 Å². The summed E-state index contributed by atoms with van der Waals surface area (Å²) in [7, 11) is 2.07. The molecule has 0 amide bonds. The number of fused-ring (bicyclic) bond motifs is 1. The normalized spacial score (nSPS) is 13.1. The summed E-state index contributed by atoms with van der Waals surface area (Å²) < 4.78 is 7.21. The highest BCUT2D eigenvalue weighted by molar-refractivity contribution is 5.69. The van der Waals surface area contributed by atoms with Gasteiger partial charge in [-0.15, -0.1) is 12.3 Å². The maximum absolute atomic E-state index is 6.32. The van der Waals surface area contributed by atoms with E-state index in [9.17, 15) is 0 Å². The molecule has 0 bridgehead atoms. The number of nitrogens with two attached hydrogens (primary N) is 2. The standard InChI is InChI=1S/C29H38N8O/c1-4-5-18-32-28-27(34-38-35-28)29-33-25-11-6-7-12-26(25)37(29)19-21(2)22-13-15-24(16-14-22)36(3)20-23(31)10-8-9-17-30/h1,11-16,23H,2,5-10,17-20,30-31H2,3H3,(H,32,35).